The van der Waals surface area contributed by atoms with Gasteiger partial charge in [-0.05, 0) is 48.2 Å². The molecule has 2 heterocycles. The van der Waals surface area contributed by atoms with Gasteiger partial charge in [-0.15, -0.1) is 0 Å². The summed E-state index contributed by atoms with van der Waals surface area (Å²) < 4.78 is 6.37. The lowest BCUT2D eigenvalue weighted by Gasteiger charge is -2.14. The van der Waals surface area contributed by atoms with Crippen molar-refractivity contribution in [2.24, 2.45) is 0 Å². The van der Waals surface area contributed by atoms with Crippen LogP contribution < -0.4 is 4.74 Å². The van der Waals surface area contributed by atoms with E-state index in [1.54, 1.807) is 4.90 Å². The van der Waals surface area contributed by atoms with Crippen LogP contribution in [0.2, 0.25) is 0 Å². The Morgan fingerprint density at radius 2 is 2.08 bits per heavy atom. The summed E-state index contributed by atoms with van der Waals surface area (Å²) in [5, 5.41) is 0. The molecule has 0 N–H and O–H groups in total. The summed E-state index contributed by atoms with van der Waals surface area (Å²) in [7, 11) is 0. The Balaban J connectivity index is 1.48. The summed E-state index contributed by atoms with van der Waals surface area (Å²) in [5.41, 5.74) is 3.43. The fourth-order valence-electron chi connectivity index (χ4n) is 3.26. The van der Waals surface area contributed by atoms with E-state index >= 15 is 0 Å². The fraction of sp³-hybridized carbons (Fsp3) is 0.238. The molecule has 0 unspecified atom stereocenters. The molecule has 5 heteroatoms. The van der Waals surface area contributed by atoms with Gasteiger partial charge in [0.25, 0.3) is 5.91 Å². The zero-order valence-corrected chi connectivity index (χ0v) is 16.1. The number of nitrogens with zero attached hydrogens (tertiary/aromatic N) is 1. The molecule has 2 aliphatic rings. The van der Waals surface area contributed by atoms with Crippen LogP contribution in [-0.4, -0.2) is 27.8 Å². The standard InChI is InChI=1S/C21H19NO2S2/c1-14-11-17-12-16(7-8-18(17)24-14)13-19-20(23)22(21(25)26-19)10-9-15-5-3-2-4-6-15/h2-8,12-14H,9-11H2,1H3/b19-13+/t14-/m0/s1. The van der Waals surface area contributed by atoms with Crippen LogP contribution in [0.1, 0.15) is 23.6 Å². The average molecular weight is 382 g/mol. The van der Waals surface area contributed by atoms with Crippen molar-refractivity contribution >= 4 is 40.3 Å². The molecule has 0 saturated carbocycles. The molecule has 0 bridgehead atoms. The van der Waals surface area contributed by atoms with Crippen LogP contribution in [0.25, 0.3) is 6.08 Å². The van der Waals surface area contributed by atoms with Crippen molar-refractivity contribution in [1.29, 1.82) is 0 Å². The number of benzene rings is 2. The van der Waals surface area contributed by atoms with E-state index in [4.69, 9.17) is 17.0 Å². The Labute approximate surface area is 163 Å². The second kappa shape index (κ2) is 7.25. The van der Waals surface area contributed by atoms with Crippen molar-refractivity contribution in [3.05, 3.63) is 70.1 Å². The Morgan fingerprint density at radius 3 is 2.88 bits per heavy atom. The average Bonchev–Trinajstić information content (AvgIpc) is 3.13. The number of hydrogen-bond donors (Lipinski definition) is 0. The number of ether oxygens (including phenoxy) is 1. The number of carbonyl (C=O) groups is 1. The first-order valence-corrected chi connectivity index (χ1v) is 9.91. The lowest BCUT2D eigenvalue weighted by atomic mass is 10.1. The third-order valence-corrected chi connectivity index (χ3v) is 5.94. The number of thiocarbonyl (C=S) groups is 1. The number of hydrogen-bond acceptors (Lipinski definition) is 4. The molecule has 2 aromatic carbocycles. The summed E-state index contributed by atoms with van der Waals surface area (Å²) in [6.07, 6.45) is 3.87. The summed E-state index contributed by atoms with van der Waals surface area (Å²) >= 11 is 6.81. The van der Waals surface area contributed by atoms with Crippen LogP contribution in [0.3, 0.4) is 0 Å². The molecule has 1 fully saturated rings. The fourth-order valence-corrected chi connectivity index (χ4v) is 4.57. The number of thioether (sulfide) groups is 1. The van der Waals surface area contributed by atoms with E-state index in [0.29, 0.717) is 15.8 Å². The number of fused-ring (bicyclic) bond motifs is 1. The molecule has 0 aromatic heterocycles. The lowest BCUT2D eigenvalue weighted by molar-refractivity contribution is -0.122. The molecule has 1 atom stereocenters. The van der Waals surface area contributed by atoms with Gasteiger partial charge >= 0.3 is 0 Å². The smallest absolute Gasteiger partial charge is 0.266 e. The van der Waals surface area contributed by atoms with Gasteiger partial charge in [0.1, 0.15) is 16.2 Å². The van der Waals surface area contributed by atoms with E-state index in [1.807, 2.05) is 36.4 Å². The first-order chi connectivity index (χ1) is 12.6. The van der Waals surface area contributed by atoms with E-state index < -0.39 is 0 Å². The maximum Gasteiger partial charge on any atom is 0.266 e. The van der Waals surface area contributed by atoms with Gasteiger partial charge in [0.05, 0.1) is 4.91 Å². The quantitative estimate of drug-likeness (QED) is 0.578. The highest BCUT2D eigenvalue weighted by Gasteiger charge is 2.31. The van der Waals surface area contributed by atoms with Crippen LogP contribution in [-0.2, 0) is 17.6 Å². The van der Waals surface area contributed by atoms with E-state index in [2.05, 4.69) is 25.1 Å². The van der Waals surface area contributed by atoms with E-state index in [-0.39, 0.29) is 12.0 Å². The summed E-state index contributed by atoms with van der Waals surface area (Å²) in [4.78, 5) is 15.1. The second-order valence-electron chi connectivity index (χ2n) is 6.57. The summed E-state index contributed by atoms with van der Waals surface area (Å²) in [5.74, 6) is 0.950. The van der Waals surface area contributed by atoms with Crippen molar-refractivity contribution in [3.63, 3.8) is 0 Å². The zero-order valence-electron chi connectivity index (χ0n) is 14.5. The number of amides is 1. The summed E-state index contributed by atoms with van der Waals surface area (Å²) in [6, 6.07) is 16.2. The molecule has 1 amide bonds. The maximum atomic E-state index is 12.8. The number of carbonyl (C=O) groups excluding carboxylic acids is 1. The zero-order chi connectivity index (χ0) is 18.1. The SMILES string of the molecule is C[C@H]1Cc2cc(/C=C3/SC(=S)N(CCc4ccccc4)C3=O)ccc2O1. The first-order valence-electron chi connectivity index (χ1n) is 8.69. The normalized spacial score (nSPS) is 20.6. The van der Waals surface area contributed by atoms with Crippen LogP contribution in [0.15, 0.2) is 53.4 Å². The molecule has 0 aliphatic carbocycles. The molecule has 26 heavy (non-hydrogen) atoms. The van der Waals surface area contributed by atoms with Crippen LogP contribution in [0.4, 0.5) is 0 Å². The number of rotatable bonds is 4. The van der Waals surface area contributed by atoms with Crippen LogP contribution >= 0.6 is 24.0 Å². The highest BCUT2D eigenvalue weighted by atomic mass is 32.2. The molecular weight excluding hydrogens is 362 g/mol. The van der Waals surface area contributed by atoms with E-state index in [0.717, 1.165) is 24.2 Å². The van der Waals surface area contributed by atoms with Gasteiger partial charge < -0.3 is 4.74 Å². The minimum atomic E-state index is 0.000970. The van der Waals surface area contributed by atoms with Crippen LogP contribution in [0.5, 0.6) is 5.75 Å². The van der Waals surface area contributed by atoms with Crippen molar-refractivity contribution in [1.82, 2.24) is 4.90 Å². The van der Waals surface area contributed by atoms with Gasteiger partial charge in [0.2, 0.25) is 0 Å². The third-order valence-electron chi connectivity index (χ3n) is 4.56. The Kier molecular flexibility index (Phi) is 4.83. The minimum absolute atomic E-state index is 0.000970. The molecule has 3 nitrogen and oxygen atoms in total. The molecule has 4 rings (SSSR count). The van der Waals surface area contributed by atoms with Gasteiger partial charge in [0, 0.05) is 13.0 Å². The highest BCUT2D eigenvalue weighted by Crippen LogP contribution is 2.34. The van der Waals surface area contributed by atoms with Gasteiger partial charge in [0.15, 0.2) is 0 Å². The molecule has 2 aromatic rings. The Bertz CT molecular complexity index is 892. The lowest BCUT2D eigenvalue weighted by Crippen LogP contribution is -2.30. The van der Waals surface area contributed by atoms with Gasteiger partial charge in [-0.3, -0.25) is 9.69 Å². The van der Waals surface area contributed by atoms with Gasteiger partial charge in [-0.1, -0.05) is 60.4 Å². The predicted octanol–water partition coefficient (Wildman–Crippen LogP) is 4.45. The minimum Gasteiger partial charge on any atom is -0.490 e. The first kappa shape index (κ1) is 17.3. The molecule has 0 radical (unpaired) electrons. The van der Waals surface area contributed by atoms with Crippen LogP contribution in [0, 0.1) is 0 Å². The van der Waals surface area contributed by atoms with Gasteiger partial charge in [-0.2, -0.15) is 0 Å². The Morgan fingerprint density at radius 1 is 1.27 bits per heavy atom. The molecule has 0 spiro atoms. The molecule has 132 valence electrons. The molecular formula is C21H19NO2S2. The highest BCUT2D eigenvalue weighted by molar-refractivity contribution is 8.26. The third kappa shape index (κ3) is 3.55. The topological polar surface area (TPSA) is 29.5 Å². The predicted molar refractivity (Wildman–Crippen MR) is 110 cm³/mol. The Hall–Kier alpha value is -2.11. The second-order valence-corrected chi connectivity index (χ2v) is 8.24. The molecule has 1 saturated heterocycles. The van der Waals surface area contributed by atoms with Gasteiger partial charge in [-0.25, -0.2) is 0 Å². The molecule has 2 aliphatic heterocycles. The van der Waals surface area contributed by atoms with Crippen molar-refractivity contribution in [3.8, 4) is 5.75 Å². The van der Waals surface area contributed by atoms with Crippen molar-refractivity contribution < 1.29 is 9.53 Å². The van der Waals surface area contributed by atoms with Crippen molar-refractivity contribution in [2.45, 2.75) is 25.9 Å². The maximum absolute atomic E-state index is 12.8. The largest absolute Gasteiger partial charge is 0.490 e. The van der Waals surface area contributed by atoms with E-state index in [1.165, 1.54) is 22.9 Å². The summed E-state index contributed by atoms with van der Waals surface area (Å²) in [6.45, 7) is 2.68. The monoisotopic (exact) mass is 381 g/mol. The van der Waals surface area contributed by atoms with E-state index in [9.17, 15) is 4.79 Å². The van der Waals surface area contributed by atoms with Crippen molar-refractivity contribution in [2.75, 3.05) is 6.54 Å².